The Hall–Kier alpha value is -3.34. The number of hydrogen-bond donors (Lipinski definition) is 1. The van der Waals surface area contributed by atoms with E-state index < -0.39 is 0 Å². The SMILES string of the molecule is Cn1nccc1-c1coc2c(C(=O)NCc3ccccc3)cccc12. The van der Waals surface area contributed by atoms with Crippen LogP contribution in [0.1, 0.15) is 15.9 Å². The Morgan fingerprint density at radius 2 is 1.96 bits per heavy atom. The average molecular weight is 331 g/mol. The lowest BCUT2D eigenvalue weighted by Crippen LogP contribution is -2.22. The van der Waals surface area contributed by atoms with Gasteiger partial charge in [0.25, 0.3) is 5.91 Å². The van der Waals surface area contributed by atoms with Gasteiger partial charge in [0.05, 0.1) is 11.3 Å². The third-order valence-electron chi connectivity index (χ3n) is 4.24. The number of hydrogen-bond acceptors (Lipinski definition) is 3. The van der Waals surface area contributed by atoms with Crippen molar-refractivity contribution in [1.29, 1.82) is 0 Å². The van der Waals surface area contributed by atoms with Crippen molar-refractivity contribution < 1.29 is 9.21 Å². The summed E-state index contributed by atoms with van der Waals surface area (Å²) in [6, 6.07) is 17.3. The van der Waals surface area contributed by atoms with Crippen molar-refractivity contribution in [2.24, 2.45) is 7.05 Å². The number of para-hydroxylation sites is 1. The van der Waals surface area contributed by atoms with Crippen LogP contribution in [0.2, 0.25) is 0 Å². The highest BCUT2D eigenvalue weighted by Crippen LogP contribution is 2.32. The Kier molecular flexibility index (Phi) is 3.82. The monoisotopic (exact) mass is 331 g/mol. The molecule has 25 heavy (non-hydrogen) atoms. The van der Waals surface area contributed by atoms with Crippen molar-refractivity contribution in [2.75, 3.05) is 0 Å². The lowest BCUT2D eigenvalue weighted by Gasteiger charge is -2.06. The third-order valence-corrected chi connectivity index (χ3v) is 4.24. The maximum Gasteiger partial charge on any atom is 0.255 e. The molecule has 0 atom stereocenters. The van der Waals surface area contributed by atoms with Crippen molar-refractivity contribution in [3.8, 4) is 11.3 Å². The molecule has 0 radical (unpaired) electrons. The predicted molar refractivity (Wildman–Crippen MR) is 96.0 cm³/mol. The number of carbonyl (C=O) groups excluding carboxylic acids is 1. The van der Waals surface area contributed by atoms with Crippen LogP contribution >= 0.6 is 0 Å². The van der Waals surface area contributed by atoms with E-state index in [4.69, 9.17) is 4.42 Å². The molecule has 5 nitrogen and oxygen atoms in total. The molecule has 1 N–H and O–H groups in total. The summed E-state index contributed by atoms with van der Waals surface area (Å²) in [5.74, 6) is -0.152. The van der Waals surface area contributed by atoms with Crippen LogP contribution in [-0.4, -0.2) is 15.7 Å². The zero-order valence-electron chi connectivity index (χ0n) is 13.8. The molecule has 0 saturated carbocycles. The van der Waals surface area contributed by atoms with Gasteiger partial charge in [-0.15, -0.1) is 0 Å². The molecule has 124 valence electrons. The quantitative estimate of drug-likeness (QED) is 0.619. The molecule has 4 aromatic rings. The van der Waals surface area contributed by atoms with Crippen molar-refractivity contribution >= 4 is 16.9 Å². The molecule has 0 spiro atoms. The first kappa shape index (κ1) is 15.2. The summed E-state index contributed by atoms with van der Waals surface area (Å²) in [6.45, 7) is 0.478. The van der Waals surface area contributed by atoms with Crippen LogP contribution in [0.5, 0.6) is 0 Å². The minimum Gasteiger partial charge on any atom is -0.463 e. The van der Waals surface area contributed by atoms with E-state index in [1.807, 2.05) is 55.6 Å². The van der Waals surface area contributed by atoms with Crippen LogP contribution in [0, 0.1) is 0 Å². The number of nitrogens with one attached hydrogen (secondary N) is 1. The fourth-order valence-corrected chi connectivity index (χ4v) is 2.95. The van der Waals surface area contributed by atoms with E-state index in [1.165, 1.54) is 0 Å². The summed E-state index contributed by atoms with van der Waals surface area (Å²) in [5, 5.41) is 8.04. The molecule has 0 saturated heterocycles. The largest absolute Gasteiger partial charge is 0.463 e. The van der Waals surface area contributed by atoms with Gasteiger partial charge in [0.1, 0.15) is 11.8 Å². The summed E-state index contributed by atoms with van der Waals surface area (Å²) in [4.78, 5) is 12.6. The number of furan rings is 1. The van der Waals surface area contributed by atoms with Gasteiger partial charge < -0.3 is 9.73 Å². The predicted octanol–water partition coefficient (Wildman–Crippen LogP) is 3.76. The van der Waals surface area contributed by atoms with Gasteiger partial charge in [-0.25, -0.2) is 0 Å². The molecular weight excluding hydrogens is 314 g/mol. The van der Waals surface area contributed by atoms with Crippen LogP contribution in [0.15, 0.2) is 71.5 Å². The highest BCUT2D eigenvalue weighted by atomic mass is 16.3. The summed E-state index contributed by atoms with van der Waals surface area (Å²) >= 11 is 0. The standard InChI is InChI=1S/C20H17N3O2/c1-23-18(10-11-22-23)17-13-25-19-15(17)8-5-9-16(19)20(24)21-12-14-6-3-2-4-7-14/h2-11,13H,12H2,1H3,(H,21,24). The minimum absolute atomic E-state index is 0.152. The molecule has 0 aliphatic rings. The number of carbonyl (C=O) groups is 1. The van der Waals surface area contributed by atoms with E-state index in [0.717, 1.165) is 22.2 Å². The maximum atomic E-state index is 12.6. The van der Waals surface area contributed by atoms with Crippen molar-refractivity contribution in [2.45, 2.75) is 6.54 Å². The highest BCUT2D eigenvalue weighted by molar-refractivity contribution is 6.08. The molecule has 1 amide bonds. The summed E-state index contributed by atoms with van der Waals surface area (Å²) in [7, 11) is 1.88. The minimum atomic E-state index is -0.152. The van der Waals surface area contributed by atoms with Crippen molar-refractivity contribution in [3.05, 3.63) is 78.2 Å². The first-order valence-electron chi connectivity index (χ1n) is 8.05. The van der Waals surface area contributed by atoms with E-state index in [1.54, 1.807) is 23.2 Å². The van der Waals surface area contributed by atoms with E-state index in [2.05, 4.69) is 10.4 Å². The van der Waals surface area contributed by atoms with Gasteiger partial charge in [0.15, 0.2) is 0 Å². The Labute approximate surface area is 144 Å². The molecule has 4 rings (SSSR count). The highest BCUT2D eigenvalue weighted by Gasteiger charge is 2.17. The zero-order valence-corrected chi connectivity index (χ0v) is 13.8. The number of amides is 1. The van der Waals surface area contributed by atoms with Crippen LogP contribution in [0.25, 0.3) is 22.2 Å². The van der Waals surface area contributed by atoms with E-state index in [0.29, 0.717) is 17.7 Å². The summed E-state index contributed by atoms with van der Waals surface area (Å²) in [6.07, 6.45) is 3.42. The third kappa shape index (κ3) is 2.80. The molecule has 0 bridgehead atoms. The van der Waals surface area contributed by atoms with Crippen LogP contribution in [0.4, 0.5) is 0 Å². The molecule has 2 aromatic carbocycles. The van der Waals surface area contributed by atoms with Gasteiger partial charge >= 0.3 is 0 Å². The smallest absolute Gasteiger partial charge is 0.255 e. The number of benzene rings is 2. The fraction of sp³-hybridized carbons (Fsp3) is 0.100. The number of rotatable bonds is 4. The average Bonchev–Trinajstić information content (AvgIpc) is 3.26. The Balaban J connectivity index is 1.65. The number of nitrogens with zero attached hydrogens (tertiary/aromatic N) is 2. The fourth-order valence-electron chi connectivity index (χ4n) is 2.95. The Bertz CT molecular complexity index is 1030. The molecule has 0 fully saturated rings. The van der Waals surface area contributed by atoms with Gasteiger partial charge in [-0.05, 0) is 17.7 Å². The Morgan fingerprint density at radius 1 is 1.12 bits per heavy atom. The van der Waals surface area contributed by atoms with Crippen molar-refractivity contribution in [3.63, 3.8) is 0 Å². The van der Waals surface area contributed by atoms with E-state index >= 15 is 0 Å². The molecule has 0 aliphatic carbocycles. The topological polar surface area (TPSA) is 60.1 Å². The van der Waals surface area contributed by atoms with Gasteiger partial charge in [0.2, 0.25) is 0 Å². The molecule has 0 aliphatic heterocycles. The molecule has 2 heterocycles. The molecule has 2 aromatic heterocycles. The lowest BCUT2D eigenvalue weighted by atomic mass is 10.1. The summed E-state index contributed by atoms with van der Waals surface area (Å²) < 4.78 is 7.51. The second kappa shape index (κ2) is 6.28. The zero-order chi connectivity index (χ0) is 17.2. The van der Waals surface area contributed by atoms with Crippen LogP contribution in [-0.2, 0) is 13.6 Å². The Morgan fingerprint density at radius 3 is 2.72 bits per heavy atom. The van der Waals surface area contributed by atoms with Crippen LogP contribution in [0.3, 0.4) is 0 Å². The number of aryl methyl sites for hydroxylation is 1. The summed E-state index contributed by atoms with van der Waals surface area (Å²) in [5.41, 5.74) is 4.04. The molecule has 5 heteroatoms. The molecule has 0 unspecified atom stereocenters. The van der Waals surface area contributed by atoms with Crippen LogP contribution < -0.4 is 5.32 Å². The maximum absolute atomic E-state index is 12.6. The first-order chi connectivity index (χ1) is 12.2. The number of aromatic nitrogens is 2. The van der Waals surface area contributed by atoms with Gasteiger partial charge in [-0.2, -0.15) is 5.10 Å². The van der Waals surface area contributed by atoms with E-state index in [-0.39, 0.29) is 5.91 Å². The van der Waals surface area contributed by atoms with E-state index in [9.17, 15) is 4.79 Å². The second-order valence-electron chi connectivity index (χ2n) is 5.84. The van der Waals surface area contributed by atoms with Gasteiger partial charge in [0, 0.05) is 30.7 Å². The van der Waals surface area contributed by atoms with Gasteiger partial charge in [-0.1, -0.05) is 42.5 Å². The second-order valence-corrected chi connectivity index (χ2v) is 5.84. The van der Waals surface area contributed by atoms with Crippen molar-refractivity contribution in [1.82, 2.24) is 15.1 Å². The number of fused-ring (bicyclic) bond motifs is 1. The normalized spacial score (nSPS) is 10.9. The molecular formula is C20H17N3O2. The first-order valence-corrected chi connectivity index (χ1v) is 8.05. The lowest BCUT2D eigenvalue weighted by molar-refractivity contribution is 0.0951. The van der Waals surface area contributed by atoms with Gasteiger partial charge in [-0.3, -0.25) is 9.48 Å².